The normalized spacial score (nSPS) is 11.7. The van der Waals surface area contributed by atoms with Crippen LogP contribution >= 0.6 is 0 Å². The highest BCUT2D eigenvalue weighted by Crippen LogP contribution is 2.48. The first kappa shape index (κ1) is 33.0. The van der Waals surface area contributed by atoms with E-state index in [2.05, 4.69) is 177 Å². The van der Waals surface area contributed by atoms with Gasteiger partial charge in [-0.2, -0.15) is 9.97 Å². The van der Waals surface area contributed by atoms with Gasteiger partial charge in [0.2, 0.25) is 5.95 Å². The average molecular weight is 756 g/mol. The first-order valence-corrected chi connectivity index (χ1v) is 19.8. The maximum Gasteiger partial charge on any atom is 0.238 e. The Labute approximate surface area is 338 Å². The van der Waals surface area contributed by atoms with Gasteiger partial charge in [-0.1, -0.05) is 164 Å². The molecule has 0 bridgehead atoms. The van der Waals surface area contributed by atoms with E-state index in [1.807, 2.05) is 36.4 Å². The summed E-state index contributed by atoms with van der Waals surface area (Å²) < 4.78 is 6.98. The van der Waals surface area contributed by atoms with Crippen molar-refractivity contribution in [3.05, 3.63) is 200 Å². The summed E-state index contributed by atoms with van der Waals surface area (Å²) in [5.74, 6) is 2.56. The molecule has 4 heterocycles. The summed E-state index contributed by atoms with van der Waals surface area (Å²) in [5, 5.41) is 4.39. The Bertz CT molecular complexity index is 3460. The van der Waals surface area contributed by atoms with Crippen LogP contribution in [-0.4, -0.2) is 33.6 Å². The van der Waals surface area contributed by atoms with Crippen molar-refractivity contribution in [1.82, 2.24) is 33.6 Å². The second-order valence-electron chi connectivity index (χ2n) is 14.7. The Morgan fingerprint density at radius 2 is 0.746 bits per heavy atom. The highest BCUT2D eigenvalue weighted by Gasteiger charge is 2.30. The Balaban J connectivity index is 1.37. The van der Waals surface area contributed by atoms with Gasteiger partial charge in [-0.3, -0.25) is 9.13 Å². The molecule has 59 heavy (non-hydrogen) atoms. The Morgan fingerprint density at radius 3 is 1.31 bits per heavy atom. The van der Waals surface area contributed by atoms with E-state index in [1.165, 1.54) is 0 Å². The van der Waals surface area contributed by atoms with E-state index in [0.29, 0.717) is 17.6 Å². The molecule has 0 saturated carbocycles. The SMILES string of the molecule is c1ccc(-c2nc(-c3ccccc3)nc(-n3c4ccccc4c4c5c(c6ccccc6n5-c5ccccc5)c5nc(-c6ccccc6)n(-c6ccccc6)c5c43)n2)cc1. The number of hydrogen-bond donors (Lipinski definition) is 0. The maximum atomic E-state index is 5.71. The fourth-order valence-corrected chi connectivity index (χ4v) is 8.79. The van der Waals surface area contributed by atoms with Crippen molar-refractivity contribution in [2.45, 2.75) is 0 Å². The summed E-state index contributed by atoms with van der Waals surface area (Å²) in [4.78, 5) is 21.5. The van der Waals surface area contributed by atoms with E-state index in [0.717, 1.165) is 88.5 Å². The van der Waals surface area contributed by atoms with Crippen LogP contribution < -0.4 is 0 Å². The molecule has 8 aromatic carbocycles. The molecule has 0 saturated heterocycles. The molecule has 12 rings (SSSR count). The van der Waals surface area contributed by atoms with Gasteiger partial charge in [0.1, 0.15) is 11.3 Å². The maximum absolute atomic E-state index is 5.71. The molecule has 7 heteroatoms. The third-order valence-corrected chi connectivity index (χ3v) is 11.3. The molecular formula is C52H33N7. The minimum atomic E-state index is 0.522. The summed E-state index contributed by atoms with van der Waals surface area (Å²) >= 11 is 0. The topological polar surface area (TPSA) is 66.3 Å². The van der Waals surface area contributed by atoms with Gasteiger partial charge in [-0.25, -0.2) is 9.97 Å². The second kappa shape index (κ2) is 13.2. The largest absolute Gasteiger partial charge is 0.308 e. The number of imidazole rings is 1. The van der Waals surface area contributed by atoms with Crippen molar-refractivity contribution in [2.75, 3.05) is 0 Å². The minimum Gasteiger partial charge on any atom is -0.308 e. The molecule has 0 N–H and O–H groups in total. The van der Waals surface area contributed by atoms with Gasteiger partial charge in [0, 0.05) is 49.6 Å². The van der Waals surface area contributed by atoms with Crippen molar-refractivity contribution in [1.29, 1.82) is 0 Å². The van der Waals surface area contributed by atoms with Crippen molar-refractivity contribution in [3.8, 4) is 51.5 Å². The molecule has 0 aliphatic rings. The van der Waals surface area contributed by atoms with Crippen LogP contribution in [0.3, 0.4) is 0 Å². The minimum absolute atomic E-state index is 0.522. The van der Waals surface area contributed by atoms with Crippen molar-refractivity contribution >= 4 is 54.6 Å². The number of para-hydroxylation sites is 4. The lowest BCUT2D eigenvalue weighted by atomic mass is 10.1. The van der Waals surface area contributed by atoms with E-state index in [1.54, 1.807) is 0 Å². The standard InChI is InChI=1S/C52H33N7/c1-6-20-34(21-7-1)49-54-50(35-22-8-2-9-23-35)56-52(55-49)59-42-33-19-17-31-40(42)44-46-43(39-30-16-18-32-41(39)57(46)37-26-12-4-13-27-37)45-48(47(44)59)58(38-28-14-5-15-29-38)51(53-45)36-24-10-3-11-25-36/h1-33H. The molecule has 0 fully saturated rings. The van der Waals surface area contributed by atoms with Crippen molar-refractivity contribution < 1.29 is 0 Å². The van der Waals surface area contributed by atoms with Crippen LogP contribution in [0.15, 0.2) is 200 Å². The third kappa shape index (κ3) is 5.08. The fraction of sp³-hybridized carbons (Fsp3) is 0. The second-order valence-corrected chi connectivity index (χ2v) is 14.7. The zero-order chi connectivity index (χ0) is 38.9. The van der Waals surface area contributed by atoms with Crippen LogP contribution in [0.5, 0.6) is 0 Å². The lowest BCUT2D eigenvalue weighted by Crippen LogP contribution is -2.07. The van der Waals surface area contributed by atoms with Gasteiger partial charge in [0.15, 0.2) is 11.6 Å². The fourth-order valence-electron chi connectivity index (χ4n) is 8.79. The molecule has 0 radical (unpaired) electrons. The lowest BCUT2D eigenvalue weighted by molar-refractivity contribution is 0.953. The van der Waals surface area contributed by atoms with Gasteiger partial charge in [0.05, 0.1) is 27.6 Å². The van der Waals surface area contributed by atoms with Crippen LogP contribution in [0.4, 0.5) is 0 Å². The number of hydrogen-bond acceptors (Lipinski definition) is 4. The predicted octanol–water partition coefficient (Wildman–Crippen LogP) is 12.4. The summed E-state index contributed by atoms with van der Waals surface area (Å²) in [5.41, 5.74) is 10.9. The van der Waals surface area contributed by atoms with Crippen LogP contribution in [0.2, 0.25) is 0 Å². The zero-order valence-electron chi connectivity index (χ0n) is 31.7. The van der Waals surface area contributed by atoms with E-state index >= 15 is 0 Å². The first-order chi connectivity index (χ1) is 29.3. The molecule has 0 aliphatic heterocycles. The predicted molar refractivity (Wildman–Crippen MR) is 239 cm³/mol. The first-order valence-electron chi connectivity index (χ1n) is 19.8. The van der Waals surface area contributed by atoms with Crippen LogP contribution in [0, 0.1) is 0 Å². The van der Waals surface area contributed by atoms with Crippen molar-refractivity contribution in [2.24, 2.45) is 0 Å². The smallest absolute Gasteiger partial charge is 0.238 e. The number of rotatable bonds is 6. The molecular weight excluding hydrogens is 723 g/mol. The Morgan fingerprint density at radius 1 is 0.305 bits per heavy atom. The Hall–Kier alpha value is -8.16. The van der Waals surface area contributed by atoms with Crippen LogP contribution in [0.25, 0.3) is 106 Å². The highest BCUT2D eigenvalue weighted by molar-refractivity contribution is 6.36. The summed E-state index contributed by atoms with van der Waals surface area (Å²) in [6.45, 7) is 0. The van der Waals surface area contributed by atoms with Crippen molar-refractivity contribution in [3.63, 3.8) is 0 Å². The van der Waals surface area contributed by atoms with Gasteiger partial charge in [-0.05, 0) is 36.4 Å². The van der Waals surface area contributed by atoms with Gasteiger partial charge >= 0.3 is 0 Å². The number of fused-ring (bicyclic) bond motifs is 10. The monoisotopic (exact) mass is 755 g/mol. The highest BCUT2D eigenvalue weighted by atomic mass is 15.2. The molecule has 12 aromatic rings. The summed E-state index contributed by atoms with van der Waals surface area (Å²) in [6, 6.07) is 69.3. The van der Waals surface area contributed by atoms with E-state index in [-0.39, 0.29) is 0 Å². The van der Waals surface area contributed by atoms with Crippen LogP contribution in [-0.2, 0) is 0 Å². The third-order valence-electron chi connectivity index (χ3n) is 11.3. The molecule has 0 atom stereocenters. The van der Waals surface area contributed by atoms with E-state index in [4.69, 9.17) is 19.9 Å². The van der Waals surface area contributed by atoms with Gasteiger partial charge in [0.25, 0.3) is 0 Å². The number of benzene rings is 8. The quantitative estimate of drug-likeness (QED) is 0.169. The zero-order valence-corrected chi connectivity index (χ0v) is 31.7. The average Bonchev–Trinajstić information content (AvgIpc) is 3.99. The molecule has 0 amide bonds. The summed E-state index contributed by atoms with van der Waals surface area (Å²) in [6.07, 6.45) is 0. The Kier molecular flexibility index (Phi) is 7.40. The van der Waals surface area contributed by atoms with Crippen LogP contribution in [0.1, 0.15) is 0 Å². The molecule has 4 aromatic heterocycles. The molecule has 0 unspecified atom stereocenters. The van der Waals surface area contributed by atoms with E-state index < -0.39 is 0 Å². The molecule has 276 valence electrons. The van der Waals surface area contributed by atoms with Gasteiger partial charge < -0.3 is 4.57 Å². The van der Waals surface area contributed by atoms with E-state index in [9.17, 15) is 0 Å². The molecule has 7 nitrogen and oxygen atoms in total. The molecule has 0 spiro atoms. The number of aromatic nitrogens is 7. The molecule has 0 aliphatic carbocycles. The number of nitrogens with zero attached hydrogens (tertiary/aromatic N) is 7. The van der Waals surface area contributed by atoms with Gasteiger partial charge in [-0.15, -0.1) is 0 Å². The lowest BCUT2D eigenvalue weighted by Gasteiger charge is -2.14. The summed E-state index contributed by atoms with van der Waals surface area (Å²) in [7, 11) is 0.